The predicted molar refractivity (Wildman–Crippen MR) is 84.5 cm³/mol. The molecular weight excluding hydrogens is 258 g/mol. The quantitative estimate of drug-likeness (QED) is 0.768. The van der Waals surface area contributed by atoms with Gasteiger partial charge in [-0.25, -0.2) is 0 Å². The summed E-state index contributed by atoms with van der Waals surface area (Å²) in [6.07, 6.45) is 10.5. The van der Waals surface area contributed by atoms with Gasteiger partial charge in [-0.05, 0) is 42.0 Å². The standard InChI is InChI=1S/C19H21NO/c21-19(18-10-12-20-13-11-18)14-15-6-8-17(9-7-15)16-4-2-1-3-5-16/h6-13,16H,1-5,14H2. The Labute approximate surface area is 126 Å². The van der Waals surface area contributed by atoms with Crippen LogP contribution in [0, 0.1) is 0 Å². The third kappa shape index (κ3) is 3.57. The minimum absolute atomic E-state index is 0.155. The van der Waals surface area contributed by atoms with Crippen molar-refractivity contribution in [2.75, 3.05) is 0 Å². The highest BCUT2D eigenvalue weighted by Gasteiger charge is 2.15. The Balaban J connectivity index is 1.65. The molecule has 0 spiro atoms. The van der Waals surface area contributed by atoms with Gasteiger partial charge < -0.3 is 0 Å². The van der Waals surface area contributed by atoms with Crippen LogP contribution in [0.15, 0.2) is 48.8 Å². The molecular formula is C19H21NO. The molecule has 2 aromatic rings. The van der Waals surface area contributed by atoms with Gasteiger partial charge in [0.2, 0.25) is 0 Å². The molecule has 21 heavy (non-hydrogen) atoms. The Morgan fingerprint density at radius 2 is 1.62 bits per heavy atom. The Hall–Kier alpha value is -1.96. The van der Waals surface area contributed by atoms with Crippen molar-refractivity contribution in [2.45, 2.75) is 44.4 Å². The number of ketones is 1. The molecule has 0 amide bonds. The SMILES string of the molecule is O=C(Cc1ccc(C2CCCCC2)cc1)c1ccncc1. The number of hydrogen-bond donors (Lipinski definition) is 0. The van der Waals surface area contributed by atoms with Crippen LogP contribution in [0.4, 0.5) is 0 Å². The van der Waals surface area contributed by atoms with Crippen molar-refractivity contribution in [1.29, 1.82) is 0 Å². The lowest BCUT2D eigenvalue weighted by molar-refractivity contribution is 0.0993. The summed E-state index contributed by atoms with van der Waals surface area (Å²) in [6, 6.07) is 12.2. The highest BCUT2D eigenvalue weighted by atomic mass is 16.1. The van der Waals surface area contributed by atoms with Crippen molar-refractivity contribution in [3.8, 4) is 0 Å². The first-order valence-electron chi connectivity index (χ1n) is 7.85. The monoisotopic (exact) mass is 279 g/mol. The first-order chi connectivity index (χ1) is 10.3. The van der Waals surface area contributed by atoms with E-state index in [2.05, 4.69) is 29.2 Å². The summed E-state index contributed by atoms with van der Waals surface area (Å²) in [6.45, 7) is 0. The molecule has 1 aromatic carbocycles. The number of carbonyl (C=O) groups excluding carboxylic acids is 1. The number of aromatic nitrogens is 1. The number of benzene rings is 1. The number of carbonyl (C=O) groups is 1. The molecule has 0 atom stereocenters. The van der Waals surface area contributed by atoms with Crippen molar-refractivity contribution in [3.05, 3.63) is 65.5 Å². The maximum atomic E-state index is 12.2. The van der Waals surface area contributed by atoms with E-state index in [1.54, 1.807) is 24.5 Å². The first kappa shape index (κ1) is 14.0. The van der Waals surface area contributed by atoms with E-state index in [4.69, 9.17) is 0 Å². The van der Waals surface area contributed by atoms with E-state index < -0.39 is 0 Å². The minimum atomic E-state index is 0.155. The minimum Gasteiger partial charge on any atom is -0.294 e. The van der Waals surface area contributed by atoms with E-state index in [0.717, 1.165) is 17.0 Å². The fraction of sp³-hybridized carbons (Fsp3) is 0.368. The lowest BCUT2D eigenvalue weighted by atomic mass is 9.84. The van der Waals surface area contributed by atoms with Crippen molar-refractivity contribution in [1.82, 2.24) is 4.98 Å². The average molecular weight is 279 g/mol. The molecule has 0 bridgehead atoms. The van der Waals surface area contributed by atoms with Gasteiger partial charge >= 0.3 is 0 Å². The highest BCUT2D eigenvalue weighted by Crippen LogP contribution is 2.32. The molecule has 0 radical (unpaired) electrons. The van der Waals surface area contributed by atoms with Gasteiger partial charge in [-0.15, -0.1) is 0 Å². The molecule has 0 unspecified atom stereocenters. The van der Waals surface area contributed by atoms with Crippen LogP contribution < -0.4 is 0 Å². The third-order valence-corrected chi connectivity index (χ3v) is 4.42. The molecule has 3 rings (SSSR count). The van der Waals surface area contributed by atoms with Gasteiger partial charge in [-0.2, -0.15) is 0 Å². The maximum Gasteiger partial charge on any atom is 0.167 e. The van der Waals surface area contributed by atoms with Crippen molar-refractivity contribution < 1.29 is 4.79 Å². The first-order valence-corrected chi connectivity index (χ1v) is 7.85. The van der Waals surface area contributed by atoms with Crippen LogP contribution in [0.3, 0.4) is 0 Å². The smallest absolute Gasteiger partial charge is 0.167 e. The Bertz CT molecular complexity index is 583. The number of Topliss-reactive ketones (excluding diaryl/α,β-unsaturated/α-hetero) is 1. The third-order valence-electron chi connectivity index (χ3n) is 4.42. The summed E-state index contributed by atoms with van der Waals surface area (Å²) >= 11 is 0. The topological polar surface area (TPSA) is 30.0 Å². The summed E-state index contributed by atoms with van der Waals surface area (Å²) in [7, 11) is 0. The fourth-order valence-electron chi connectivity index (χ4n) is 3.17. The van der Waals surface area contributed by atoms with Crippen molar-refractivity contribution >= 4 is 5.78 Å². The second-order valence-corrected chi connectivity index (χ2v) is 5.91. The zero-order chi connectivity index (χ0) is 14.5. The van der Waals surface area contributed by atoms with E-state index in [1.165, 1.54) is 37.7 Å². The van der Waals surface area contributed by atoms with Gasteiger partial charge in [-0.3, -0.25) is 9.78 Å². The summed E-state index contributed by atoms with van der Waals surface area (Å²) in [5, 5.41) is 0. The molecule has 2 heteroatoms. The van der Waals surface area contributed by atoms with Crippen LogP contribution in [0.5, 0.6) is 0 Å². The molecule has 0 saturated heterocycles. The van der Waals surface area contributed by atoms with Crippen LogP contribution >= 0.6 is 0 Å². The Morgan fingerprint density at radius 1 is 0.952 bits per heavy atom. The van der Waals surface area contributed by atoms with Crippen LogP contribution in [0.25, 0.3) is 0 Å². The van der Waals surface area contributed by atoms with Crippen LogP contribution in [-0.4, -0.2) is 10.8 Å². The van der Waals surface area contributed by atoms with Gasteiger partial charge in [0.15, 0.2) is 5.78 Å². The number of nitrogens with zero attached hydrogens (tertiary/aromatic N) is 1. The van der Waals surface area contributed by atoms with E-state index in [0.29, 0.717) is 6.42 Å². The van der Waals surface area contributed by atoms with Crippen molar-refractivity contribution in [2.24, 2.45) is 0 Å². The Morgan fingerprint density at radius 3 is 2.29 bits per heavy atom. The predicted octanol–water partition coefficient (Wildman–Crippen LogP) is 4.55. The molecule has 0 aliphatic heterocycles. The molecule has 0 N–H and O–H groups in total. The van der Waals surface area contributed by atoms with Gasteiger partial charge in [0, 0.05) is 24.4 Å². The van der Waals surface area contributed by atoms with Crippen LogP contribution in [0.1, 0.15) is 59.5 Å². The molecule has 108 valence electrons. The summed E-state index contributed by atoms with van der Waals surface area (Å²) < 4.78 is 0. The van der Waals surface area contributed by atoms with Gasteiger partial charge in [-0.1, -0.05) is 43.5 Å². The zero-order valence-corrected chi connectivity index (χ0v) is 12.3. The van der Waals surface area contributed by atoms with Crippen molar-refractivity contribution in [3.63, 3.8) is 0 Å². The normalized spacial score (nSPS) is 15.8. The average Bonchev–Trinajstić information content (AvgIpc) is 2.57. The number of rotatable bonds is 4. The molecule has 1 aliphatic rings. The highest BCUT2D eigenvalue weighted by molar-refractivity contribution is 5.97. The molecule has 2 nitrogen and oxygen atoms in total. The second kappa shape index (κ2) is 6.66. The largest absolute Gasteiger partial charge is 0.294 e. The van der Waals surface area contributed by atoms with E-state index in [1.807, 2.05) is 0 Å². The fourth-order valence-corrected chi connectivity index (χ4v) is 3.17. The number of hydrogen-bond acceptors (Lipinski definition) is 2. The van der Waals surface area contributed by atoms with E-state index in [9.17, 15) is 4.79 Å². The molecule has 1 aromatic heterocycles. The summed E-state index contributed by atoms with van der Waals surface area (Å²) in [4.78, 5) is 16.1. The van der Waals surface area contributed by atoms with E-state index in [-0.39, 0.29) is 5.78 Å². The van der Waals surface area contributed by atoms with Crippen LogP contribution in [-0.2, 0) is 6.42 Å². The molecule has 1 heterocycles. The number of pyridine rings is 1. The van der Waals surface area contributed by atoms with Crippen LogP contribution in [0.2, 0.25) is 0 Å². The lowest BCUT2D eigenvalue weighted by Crippen LogP contribution is -2.06. The summed E-state index contributed by atoms with van der Waals surface area (Å²) in [5.41, 5.74) is 3.27. The van der Waals surface area contributed by atoms with E-state index >= 15 is 0 Å². The lowest BCUT2D eigenvalue weighted by Gasteiger charge is -2.22. The van der Waals surface area contributed by atoms with Gasteiger partial charge in [0.1, 0.15) is 0 Å². The molecule has 1 aliphatic carbocycles. The molecule has 1 fully saturated rings. The van der Waals surface area contributed by atoms with Gasteiger partial charge in [0.25, 0.3) is 0 Å². The maximum absolute atomic E-state index is 12.2. The Kier molecular flexibility index (Phi) is 4.44. The van der Waals surface area contributed by atoms with Gasteiger partial charge in [0.05, 0.1) is 0 Å². The zero-order valence-electron chi connectivity index (χ0n) is 12.3. The summed E-state index contributed by atoms with van der Waals surface area (Å²) in [5.74, 6) is 0.881. The second-order valence-electron chi connectivity index (χ2n) is 5.91. The molecule has 1 saturated carbocycles.